The summed E-state index contributed by atoms with van der Waals surface area (Å²) in [5, 5.41) is 0. The summed E-state index contributed by atoms with van der Waals surface area (Å²) in [5.41, 5.74) is -0.0879. The molecule has 0 spiro atoms. The van der Waals surface area contributed by atoms with Crippen LogP contribution in [0.4, 0.5) is 0 Å². The third-order valence-electron chi connectivity index (χ3n) is 3.92. The minimum Gasteiger partial charge on any atom is -0.331 e. The zero-order chi connectivity index (χ0) is 16.6. The Hall–Kier alpha value is -0.810. The lowest BCUT2D eigenvalue weighted by Gasteiger charge is -2.37. The van der Waals surface area contributed by atoms with Gasteiger partial charge in [-0.2, -0.15) is 0 Å². The monoisotopic (exact) mass is 313 g/mol. The molecule has 122 valence electrons. The molecule has 0 N–H and O–H groups in total. The number of aromatic nitrogens is 2. The fraction of sp³-hybridized carbons (Fsp3) is 0.750. The lowest BCUT2D eigenvalue weighted by Crippen LogP contribution is -2.45. The molecule has 0 radical (unpaired) electrons. The molecule has 1 aromatic heterocycles. The Kier molecular flexibility index (Phi) is 5.01. The molecular formula is C16H31N3OS. The summed E-state index contributed by atoms with van der Waals surface area (Å²) in [4.78, 5) is 4.49. The van der Waals surface area contributed by atoms with E-state index in [1.165, 1.54) is 0 Å². The largest absolute Gasteiger partial charge is 0.331 e. The molecule has 0 bridgehead atoms. The van der Waals surface area contributed by atoms with Crippen LogP contribution in [0, 0.1) is 5.41 Å². The van der Waals surface area contributed by atoms with Crippen LogP contribution in [0.25, 0.3) is 0 Å². The maximum Gasteiger partial charge on any atom is 0.124 e. The van der Waals surface area contributed by atoms with Gasteiger partial charge in [-0.1, -0.05) is 20.8 Å². The number of rotatable bonds is 4. The van der Waals surface area contributed by atoms with E-state index in [0.717, 1.165) is 5.82 Å². The number of nitrogens with zero attached hydrogens (tertiary/aromatic N) is 3. The van der Waals surface area contributed by atoms with Crippen molar-refractivity contribution in [3.05, 3.63) is 18.2 Å². The predicted molar refractivity (Wildman–Crippen MR) is 92.9 cm³/mol. The van der Waals surface area contributed by atoms with E-state index in [1.807, 2.05) is 16.7 Å². The first-order chi connectivity index (χ1) is 9.24. The lowest BCUT2D eigenvalue weighted by molar-refractivity contribution is 0.225. The van der Waals surface area contributed by atoms with Crippen LogP contribution in [-0.2, 0) is 16.3 Å². The van der Waals surface area contributed by atoms with Crippen molar-refractivity contribution in [2.75, 3.05) is 6.26 Å². The molecule has 4 nitrogen and oxygen atoms in total. The van der Waals surface area contributed by atoms with Crippen molar-refractivity contribution in [3.63, 3.8) is 0 Å². The summed E-state index contributed by atoms with van der Waals surface area (Å²) in [6.45, 7) is 15.6. The maximum atomic E-state index is 12.5. The van der Waals surface area contributed by atoms with Gasteiger partial charge < -0.3 is 4.57 Å². The van der Waals surface area contributed by atoms with Crippen molar-refractivity contribution in [1.29, 1.82) is 0 Å². The molecule has 2 unspecified atom stereocenters. The van der Waals surface area contributed by atoms with Crippen molar-refractivity contribution >= 4 is 15.6 Å². The Balaban J connectivity index is 3.17. The van der Waals surface area contributed by atoms with Crippen molar-refractivity contribution in [1.82, 2.24) is 13.9 Å². The van der Waals surface area contributed by atoms with Gasteiger partial charge >= 0.3 is 0 Å². The minimum absolute atomic E-state index is 0.139. The molecule has 1 rings (SSSR count). The fourth-order valence-corrected chi connectivity index (χ4v) is 3.86. The fourth-order valence-electron chi connectivity index (χ4n) is 2.32. The van der Waals surface area contributed by atoms with Crippen molar-refractivity contribution in [3.8, 4) is 0 Å². The minimum atomic E-state index is -2.30. The first-order valence-electron chi connectivity index (χ1n) is 7.36. The van der Waals surface area contributed by atoms with Gasteiger partial charge in [0.15, 0.2) is 0 Å². The van der Waals surface area contributed by atoms with E-state index in [-0.39, 0.29) is 11.0 Å². The molecule has 21 heavy (non-hydrogen) atoms. The van der Waals surface area contributed by atoms with Crippen molar-refractivity contribution < 1.29 is 4.21 Å². The highest BCUT2D eigenvalue weighted by atomic mass is 32.2. The standard InChI is InChI=1S/C16H31N3OS/c1-13(15(2,3)4)18-11-10-17-14(18)12-19(16(5,6)7)21(8,9)20/h10-11,13H,8,12H2,1-7,9H3. The summed E-state index contributed by atoms with van der Waals surface area (Å²) in [6.07, 6.45) is 5.52. The number of hydrogen-bond donors (Lipinski definition) is 0. The first-order valence-corrected chi connectivity index (χ1v) is 9.45. The second kappa shape index (κ2) is 5.76. The number of hydrogen-bond acceptors (Lipinski definition) is 2. The molecule has 1 heterocycles. The summed E-state index contributed by atoms with van der Waals surface area (Å²) in [6, 6.07) is 0.314. The van der Waals surface area contributed by atoms with Gasteiger partial charge in [0.05, 0.1) is 6.54 Å². The molecule has 0 saturated heterocycles. The molecule has 1 aromatic rings. The van der Waals surface area contributed by atoms with Gasteiger partial charge in [0, 0.05) is 39.9 Å². The Bertz CT molecular complexity index is 573. The summed E-state index contributed by atoms with van der Waals surface area (Å²) in [7, 11) is -2.30. The number of imidazole rings is 1. The van der Waals surface area contributed by atoms with Crippen LogP contribution < -0.4 is 0 Å². The van der Waals surface area contributed by atoms with Crippen LogP contribution in [0.15, 0.2) is 12.4 Å². The molecule has 0 aliphatic heterocycles. The van der Waals surface area contributed by atoms with E-state index in [4.69, 9.17) is 0 Å². The normalized spacial score (nSPS) is 17.8. The Morgan fingerprint density at radius 2 is 1.86 bits per heavy atom. The second-order valence-corrected chi connectivity index (χ2v) is 10.3. The van der Waals surface area contributed by atoms with Crippen molar-refractivity contribution in [2.24, 2.45) is 5.41 Å². The average molecular weight is 314 g/mol. The smallest absolute Gasteiger partial charge is 0.124 e. The van der Waals surface area contributed by atoms with Crippen LogP contribution in [0.1, 0.15) is 60.3 Å². The van der Waals surface area contributed by atoms with Crippen LogP contribution in [0.3, 0.4) is 0 Å². The quantitative estimate of drug-likeness (QED) is 0.800. The van der Waals surface area contributed by atoms with Gasteiger partial charge in [-0.3, -0.25) is 4.21 Å². The van der Waals surface area contributed by atoms with Crippen LogP contribution in [0.2, 0.25) is 0 Å². The van der Waals surface area contributed by atoms with Gasteiger partial charge in [-0.25, -0.2) is 9.29 Å². The third kappa shape index (κ3) is 4.58. The second-order valence-electron chi connectivity index (χ2n) is 7.96. The van der Waals surface area contributed by atoms with Gasteiger partial charge in [0.2, 0.25) is 0 Å². The predicted octanol–water partition coefficient (Wildman–Crippen LogP) is 3.35. The molecule has 2 atom stereocenters. The van der Waals surface area contributed by atoms with Crippen LogP contribution in [0.5, 0.6) is 0 Å². The molecule has 0 saturated carbocycles. The third-order valence-corrected chi connectivity index (χ3v) is 5.53. The summed E-state index contributed by atoms with van der Waals surface area (Å²) >= 11 is 0. The van der Waals surface area contributed by atoms with E-state index < -0.39 is 9.71 Å². The van der Waals surface area contributed by atoms with Crippen molar-refractivity contribution in [2.45, 2.75) is 66.6 Å². The molecule has 0 amide bonds. The molecule has 0 aromatic carbocycles. The molecule has 0 aliphatic rings. The van der Waals surface area contributed by atoms with E-state index in [1.54, 1.807) is 6.26 Å². The van der Waals surface area contributed by atoms with E-state index in [2.05, 4.69) is 63.9 Å². The van der Waals surface area contributed by atoms with Gasteiger partial charge in [0.25, 0.3) is 0 Å². The zero-order valence-electron chi connectivity index (χ0n) is 14.8. The molecule has 0 aliphatic carbocycles. The molecule has 0 fully saturated rings. The Labute approximate surface area is 130 Å². The first kappa shape index (κ1) is 18.2. The highest BCUT2D eigenvalue weighted by molar-refractivity contribution is 7.97. The highest BCUT2D eigenvalue weighted by Gasteiger charge is 2.29. The maximum absolute atomic E-state index is 12.5. The summed E-state index contributed by atoms with van der Waals surface area (Å²) in [5.74, 6) is 4.79. The zero-order valence-corrected chi connectivity index (χ0v) is 15.6. The lowest BCUT2D eigenvalue weighted by atomic mass is 9.88. The van der Waals surface area contributed by atoms with Crippen LogP contribution >= 0.6 is 0 Å². The molecule has 5 heteroatoms. The SMILES string of the molecule is C=S(C)(=O)N(Cc1nccn1C(C)C(C)(C)C)C(C)(C)C. The van der Waals surface area contributed by atoms with Gasteiger partial charge in [-0.05, 0) is 39.0 Å². The Morgan fingerprint density at radius 1 is 1.33 bits per heavy atom. The van der Waals surface area contributed by atoms with E-state index in [0.29, 0.717) is 12.6 Å². The van der Waals surface area contributed by atoms with E-state index >= 15 is 0 Å². The van der Waals surface area contributed by atoms with E-state index in [9.17, 15) is 4.21 Å². The summed E-state index contributed by atoms with van der Waals surface area (Å²) < 4.78 is 16.6. The topological polar surface area (TPSA) is 38.1 Å². The van der Waals surface area contributed by atoms with Gasteiger partial charge in [0.1, 0.15) is 5.82 Å². The highest BCUT2D eigenvalue weighted by Crippen LogP contribution is 2.31. The van der Waals surface area contributed by atoms with Gasteiger partial charge in [-0.15, -0.1) is 0 Å². The Morgan fingerprint density at radius 3 is 2.24 bits per heavy atom. The van der Waals surface area contributed by atoms with Crippen LogP contribution in [-0.4, -0.2) is 35.7 Å². The molecular weight excluding hydrogens is 282 g/mol. The average Bonchev–Trinajstić information content (AvgIpc) is 2.67.